The number of carbonyl (C=O) groups is 2. The predicted molar refractivity (Wildman–Crippen MR) is 118 cm³/mol. The lowest BCUT2D eigenvalue weighted by Crippen LogP contribution is -2.44. The highest BCUT2D eigenvalue weighted by Crippen LogP contribution is 2.33. The Kier molecular flexibility index (Phi) is 5.71. The van der Waals surface area contributed by atoms with Gasteiger partial charge in [-0.05, 0) is 60.0 Å². The van der Waals surface area contributed by atoms with Crippen LogP contribution in [0, 0.1) is 12.7 Å². The Morgan fingerprint density at radius 2 is 1.90 bits per heavy atom. The summed E-state index contributed by atoms with van der Waals surface area (Å²) in [5.74, 6) is -0.0757. The van der Waals surface area contributed by atoms with Crippen LogP contribution in [0.3, 0.4) is 0 Å². The molecule has 0 fully saturated rings. The molecule has 0 aliphatic carbocycles. The molecule has 0 spiro atoms. The largest absolute Gasteiger partial charge is 0.489 e. The fraction of sp³-hybridized carbons (Fsp3) is 0.200. The molecule has 158 valence electrons. The van der Waals surface area contributed by atoms with Crippen LogP contribution in [-0.4, -0.2) is 17.9 Å². The number of hydrogen-bond acceptors (Lipinski definition) is 3. The SMILES string of the molecule is CC(=O)N1c2ccccc2C[C@H]1C(=O)Nc1ccc(OCc2cccc(F)c2)cc1C. The molecule has 0 bridgehead atoms. The molecule has 1 aliphatic heterocycles. The maximum absolute atomic E-state index is 13.3. The van der Waals surface area contributed by atoms with Crippen LogP contribution in [0.5, 0.6) is 5.75 Å². The summed E-state index contributed by atoms with van der Waals surface area (Å²) in [6, 6.07) is 18.6. The summed E-state index contributed by atoms with van der Waals surface area (Å²) in [4.78, 5) is 26.8. The lowest BCUT2D eigenvalue weighted by molar-refractivity contribution is -0.122. The second-order valence-corrected chi connectivity index (χ2v) is 7.62. The number of amides is 2. The van der Waals surface area contributed by atoms with E-state index >= 15 is 0 Å². The van der Waals surface area contributed by atoms with Crippen LogP contribution in [0.15, 0.2) is 66.7 Å². The van der Waals surface area contributed by atoms with E-state index in [0.29, 0.717) is 17.9 Å². The van der Waals surface area contributed by atoms with E-state index in [2.05, 4.69) is 5.32 Å². The number of benzene rings is 3. The number of nitrogens with one attached hydrogen (secondary N) is 1. The van der Waals surface area contributed by atoms with E-state index < -0.39 is 6.04 Å². The lowest BCUT2D eigenvalue weighted by atomic mass is 10.1. The van der Waals surface area contributed by atoms with E-state index in [0.717, 1.165) is 22.4 Å². The number of anilines is 2. The minimum Gasteiger partial charge on any atom is -0.489 e. The fourth-order valence-electron chi connectivity index (χ4n) is 3.86. The highest BCUT2D eigenvalue weighted by molar-refractivity contribution is 6.06. The number of para-hydroxylation sites is 1. The molecule has 6 heteroatoms. The first-order valence-corrected chi connectivity index (χ1v) is 10.1. The zero-order valence-electron chi connectivity index (χ0n) is 17.4. The van der Waals surface area contributed by atoms with E-state index in [1.54, 1.807) is 29.2 Å². The van der Waals surface area contributed by atoms with E-state index in [-0.39, 0.29) is 24.2 Å². The van der Waals surface area contributed by atoms with Crippen LogP contribution >= 0.6 is 0 Å². The molecule has 5 nitrogen and oxygen atoms in total. The molecule has 0 aromatic heterocycles. The summed E-state index contributed by atoms with van der Waals surface area (Å²) >= 11 is 0. The van der Waals surface area contributed by atoms with Crippen molar-refractivity contribution in [3.63, 3.8) is 0 Å². The Hall–Kier alpha value is -3.67. The molecule has 1 heterocycles. The number of halogens is 1. The Morgan fingerprint density at radius 3 is 2.65 bits per heavy atom. The van der Waals surface area contributed by atoms with Gasteiger partial charge in [-0.2, -0.15) is 0 Å². The molecular formula is C25H23FN2O3. The van der Waals surface area contributed by atoms with Crippen LogP contribution in [-0.2, 0) is 22.6 Å². The van der Waals surface area contributed by atoms with Gasteiger partial charge in [0, 0.05) is 24.7 Å². The summed E-state index contributed by atoms with van der Waals surface area (Å²) in [5, 5.41) is 2.94. The van der Waals surface area contributed by atoms with Crippen LogP contribution in [0.2, 0.25) is 0 Å². The van der Waals surface area contributed by atoms with E-state index in [1.807, 2.05) is 37.3 Å². The number of fused-ring (bicyclic) bond motifs is 1. The van der Waals surface area contributed by atoms with Gasteiger partial charge in [-0.15, -0.1) is 0 Å². The fourth-order valence-corrected chi connectivity index (χ4v) is 3.86. The van der Waals surface area contributed by atoms with Crippen molar-refractivity contribution in [2.75, 3.05) is 10.2 Å². The molecule has 3 aromatic rings. The first-order chi connectivity index (χ1) is 14.9. The number of ether oxygens (including phenoxy) is 1. The molecule has 1 aliphatic rings. The number of rotatable bonds is 5. The van der Waals surface area contributed by atoms with Gasteiger partial charge in [0.1, 0.15) is 24.2 Å². The van der Waals surface area contributed by atoms with Crippen LogP contribution in [0.4, 0.5) is 15.8 Å². The van der Waals surface area contributed by atoms with E-state index in [4.69, 9.17) is 4.74 Å². The highest BCUT2D eigenvalue weighted by atomic mass is 19.1. The second-order valence-electron chi connectivity index (χ2n) is 7.62. The summed E-state index contributed by atoms with van der Waals surface area (Å²) in [6.07, 6.45) is 0.482. The van der Waals surface area contributed by atoms with Crippen molar-refractivity contribution in [1.29, 1.82) is 0 Å². The zero-order chi connectivity index (χ0) is 22.0. The minimum atomic E-state index is -0.585. The Balaban J connectivity index is 1.44. The summed E-state index contributed by atoms with van der Waals surface area (Å²) < 4.78 is 19.0. The first-order valence-electron chi connectivity index (χ1n) is 10.1. The van der Waals surface area contributed by atoms with Gasteiger partial charge in [-0.25, -0.2) is 4.39 Å². The zero-order valence-corrected chi connectivity index (χ0v) is 17.4. The molecule has 0 unspecified atom stereocenters. The molecule has 2 amide bonds. The van der Waals surface area contributed by atoms with Gasteiger partial charge >= 0.3 is 0 Å². The van der Waals surface area contributed by atoms with Gasteiger partial charge < -0.3 is 10.1 Å². The Morgan fingerprint density at radius 1 is 1.10 bits per heavy atom. The molecule has 0 radical (unpaired) electrons. The second kappa shape index (κ2) is 8.60. The van der Waals surface area contributed by atoms with Crippen molar-refractivity contribution >= 4 is 23.2 Å². The monoisotopic (exact) mass is 418 g/mol. The third-order valence-electron chi connectivity index (χ3n) is 5.37. The number of carbonyl (C=O) groups excluding carboxylic acids is 2. The quantitative estimate of drug-likeness (QED) is 0.657. The predicted octanol–water partition coefficient (Wildman–Crippen LogP) is 4.63. The van der Waals surface area contributed by atoms with Gasteiger partial charge in [0.05, 0.1) is 0 Å². The van der Waals surface area contributed by atoms with Crippen LogP contribution < -0.4 is 15.0 Å². The minimum absolute atomic E-state index is 0.164. The maximum atomic E-state index is 13.3. The van der Waals surface area contributed by atoms with Crippen molar-refractivity contribution in [2.24, 2.45) is 0 Å². The lowest BCUT2D eigenvalue weighted by Gasteiger charge is -2.24. The molecule has 0 saturated carbocycles. The average molecular weight is 418 g/mol. The van der Waals surface area contributed by atoms with Crippen LogP contribution in [0.25, 0.3) is 0 Å². The van der Waals surface area contributed by atoms with Gasteiger partial charge in [0.15, 0.2) is 0 Å². The summed E-state index contributed by atoms with van der Waals surface area (Å²) in [7, 11) is 0. The van der Waals surface area contributed by atoms with Gasteiger partial charge in [0.25, 0.3) is 0 Å². The molecular weight excluding hydrogens is 395 g/mol. The van der Waals surface area contributed by atoms with E-state index in [9.17, 15) is 14.0 Å². The standard InChI is InChI=1S/C25H23FN2O3/c1-16-12-21(31-15-18-6-5-8-20(26)13-18)10-11-22(16)27-25(30)24-14-19-7-3-4-9-23(19)28(24)17(2)29/h3-13,24H,14-15H2,1-2H3,(H,27,30)/t24-/m0/s1. The topological polar surface area (TPSA) is 58.6 Å². The Bertz CT molecular complexity index is 1150. The summed E-state index contributed by atoms with van der Waals surface area (Å²) in [6.45, 7) is 3.59. The molecule has 0 saturated heterocycles. The van der Waals surface area contributed by atoms with Crippen molar-refractivity contribution in [3.8, 4) is 5.75 Å². The van der Waals surface area contributed by atoms with E-state index in [1.165, 1.54) is 19.1 Å². The van der Waals surface area contributed by atoms with Crippen molar-refractivity contribution in [2.45, 2.75) is 32.9 Å². The maximum Gasteiger partial charge on any atom is 0.247 e. The van der Waals surface area contributed by atoms with Crippen LogP contribution in [0.1, 0.15) is 23.6 Å². The highest BCUT2D eigenvalue weighted by Gasteiger charge is 2.36. The first kappa shape index (κ1) is 20.6. The number of hydrogen-bond donors (Lipinski definition) is 1. The number of aryl methyl sites for hydroxylation is 1. The molecule has 31 heavy (non-hydrogen) atoms. The van der Waals surface area contributed by atoms with Gasteiger partial charge in [-0.1, -0.05) is 30.3 Å². The Labute approximate surface area is 180 Å². The summed E-state index contributed by atoms with van der Waals surface area (Å²) in [5.41, 5.74) is 3.99. The molecule has 4 rings (SSSR count). The van der Waals surface area contributed by atoms with Crippen molar-refractivity contribution in [1.82, 2.24) is 0 Å². The smallest absolute Gasteiger partial charge is 0.247 e. The molecule has 1 N–H and O–H groups in total. The van der Waals surface area contributed by atoms with Gasteiger partial charge in [0.2, 0.25) is 11.8 Å². The van der Waals surface area contributed by atoms with Gasteiger partial charge in [-0.3, -0.25) is 14.5 Å². The normalized spacial score (nSPS) is 14.8. The third kappa shape index (κ3) is 4.43. The number of nitrogens with zero attached hydrogens (tertiary/aromatic N) is 1. The molecule has 1 atom stereocenters. The molecule has 3 aromatic carbocycles. The van der Waals surface area contributed by atoms with Crippen molar-refractivity contribution < 1.29 is 18.7 Å². The van der Waals surface area contributed by atoms with Crippen molar-refractivity contribution in [3.05, 3.63) is 89.2 Å². The average Bonchev–Trinajstić information content (AvgIpc) is 3.14. The third-order valence-corrected chi connectivity index (χ3v) is 5.37.